The molecular weight excluding hydrogens is 375 g/mol. The minimum atomic E-state index is -3.49. The van der Waals surface area contributed by atoms with Gasteiger partial charge in [-0.05, 0) is 53.5 Å². The Labute approximate surface area is 132 Å². The first-order chi connectivity index (χ1) is 8.49. The standard InChI is InChI=1S/C11H14BrClN2O2S.ClH/c12-10-6-8(13)3-4-11(10)18(16,17)15-7-9-2-1-5-14-9;/h3-4,6,9,14-15H,1-2,5,7H2;1H. The van der Waals surface area contributed by atoms with Gasteiger partial charge in [0.1, 0.15) is 0 Å². The molecule has 0 bridgehead atoms. The SMILES string of the molecule is Cl.O=S(=O)(NCC1CCCN1)c1ccc(Cl)cc1Br. The lowest BCUT2D eigenvalue weighted by Gasteiger charge is -2.13. The Balaban J connectivity index is 0.00000180. The molecule has 0 aliphatic carbocycles. The van der Waals surface area contributed by atoms with Crippen molar-refractivity contribution in [3.8, 4) is 0 Å². The van der Waals surface area contributed by atoms with E-state index in [0.29, 0.717) is 16.0 Å². The van der Waals surface area contributed by atoms with Crippen molar-refractivity contribution in [2.45, 2.75) is 23.8 Å². The fraction of sp³-hybridized carbons (Fsp3) is 0.455. The van der Waals surface area contributed by atoms with E-state index in [1.165, 1.54) is 6.07 Å². The number of nitrogens with one attached hydrogen (secondary N) is 2. The van der Waals surface area contributed by atoms with Crippen LogP contribution >= 0.6 is 39.9 Å². The summed E-state index contributed by atoms with van der Waals surface area (Å²) >= 11 is 9.01. The van der Waals surface area contributed by atoms with Crippen molar-refractivity contribution in [1.29, 1.82) is 0 Å². The maximum absolute atomic E-state index is 12.1. The van der Waals surface area contributed by atoms with Gasteiger partial charge in [0.05, 0.1) is 4.90 Å². The zero-order valence-electron chi connectivity index (χ0n) is 10.0. The van der Waals surface area contributed by atoms with Crippen LogP contribution in [0.2, 0.25) is 5.02 Å². The summed E-state index contributed by atoms with van der Waals surface area (Å²) in [5.74, 6) is 0. The number of benzene rings is 1. The van der Waals surface area contributed by atoms with Gasteiger partial charge in [0.25, 0.3) is 0 Å². The van der Waals surface area contributed by atoms with Crippen LogP contribution in [0.1, 0.15) is 12.8 Å². The summed E-state index contributed by atoms with van der Waals surface area (Å²) in [6.07, 6.45) is 2.10. The van der Waals surface area contributed by atoms with Crippen LogP contribution in [0.25, 0.3) is 0 Å². The molecule has 1 fully saturated rings. The van der Waals surface area contributed by atoms with Crippen LogP contribution in [0, 0.1) is 0 Å². The molecule has 0 amide bonds. The van der Waals surface area contributed by atoms with E-state index in [0.717, 1.165) is 19.4 Å². The summed E-state index contributed by atoms with van der Waals surface area (Å²) in [7, 11) is -3.49. The van der Waals surface area contributed by atoms with Gasteiger partial charge in [-0.1, -0.05) is 11.6 Å². The highest BCUT2D eigenvalue weighted by Gasteiger charge is 2.21. The lowest BCUT2D eigenvalue weighted by molar-refractivity contribution is 0.551. The Morgan fingerprint density at radius 3 is 2.79 bits per heavy atom. The zero-order valence-corrected chi connectivity index (χ0v) is 14.0. The monoisotopic (exact) mass is 388 g/mol. The second-order valence-electron chi connectivity index (χ2n) is 4.22. The van der Waals surface area contributed by atoms with Crippen molar-refractivity contribution in [2.75, 3.05) is 13.1 Å². The van der Waals surface area contributed by atoms with Gasteiger partial charge < -0.3 is 5.32 Å². The molecule has 1 saturated heterocycles. The largest absolute Gasteiger partial charge is 0.313 e. The fourth-order valence-corrected chi connectivity index (χ4v) is 4.37. The molecule has 1 aromatic rings. The molecule has 0 radical (unpaired) electrons. The predicted octanol–water partition coefficient (Wildman–Crippen LogP) is 2.55. The maximum Gasteiger partial charge on any atom is 0.241 e. The van der Waals surface area contributed by atoms with E-state index >= 15 is 0 Å². The van der Waals surface area contributed by atoms with Crippen molar-refractivity contribution in [3.05, 3.63) is 27.7 Å². The molecule has 1 aromatic carbocycles. The van der Waals surface area contributed by atoms with Gasteiger partial charge in [-0.2, -0.15) is 0 Å². The van der Waals surface area contributed by atoms with E-state index in [2.05, 4.69) is 26.0 Å². The van der Waals surface area contributed by atoms with E-state index in [1.54, 1.807) is 12.1 Å². The number of sulfonamides is 1. The van der Waals surface area contributed by atoms with Crippen LogP contribution in [0.4, 0.5) is 0 Å². The minimum absolute atomic E-state index is 0. The second-order valence-corrected chi connectivity index (χ2v) is 7.25. The number of rotatable bonds is 4. The molecule has 2 rings (SSSR count). The Hall–Kier alpha value is 0.150. The summed E-state index contributed by atoms with van der Waals surface area (Å²) in [6, 6.07) is 4.86. The molecule has 1 atom stereocenters. The van der Waals surface area contributed by atoms with Crippen molar-refractivity contribution < 1.29 is 8.42 Å². The molecule has 0 spiro atoms. The number of halogens is 3. The average Bonchev–Trinajstić information content (AvgIpc) is 2.78. The molecule has 1 heterocycles. The third-order valence-electron chi connectivity index (χ3n) is 2.87. The Morgan fingerprint density at radius 2 is 2.21 bits per heavy atom. The van der Waals surface area contributed by atoms with Crippen LogP contribution in [0.15, 0.2) is 27.6 Å². The zero-order chi connectivity index (χ0) is 13.2. The molecule has 0 aromatic heterocycles. The van der Waals surface area contributed by atoms with Crippen molar-refractivity contribution in [3.63, 3.8) is 0 Å². The van der Waals surface area contributed by atoms with Gasteiger partial charge in [0, 0.05) is 22.1 Å². The first kappa shape index (κ1) is 17.2. The third-order valence-corrected chi connectivity index (χ3v) is 5.50. The van der Waals surface area contributed by atoms with Gasteiger partial charge in [0.2, 0.25) is 10.0 Å². The minimum Gasteiger partial charge on any atom is -0.313 e. The van der Waals surface area contributed by atoms with E-state index in [1.807, 2.05) is 0 Å². The molecule has 108 valence electrons. The second kappa shape index (κ2) is 7.24. The fourth-order valence-electron chi connectivity index (χ4n) is 1.91. The third kappa shape index (κ3) is 4.58. The molecule has 19 heavy (non-hydrogen) atoms. The summed E-state index contributed by atoms with van der Waals surface area (Å²) < 4.78 is 27.3. The molecule has 1 unspecified atom stereocenters. The smallest absolute Gasteiger partial charge is 0.241 e. The van der Waals surface area contributed by atoms with Gasteiger partial charge in [-0.15, -0.1) is 12.4 Å². The van der Waals surface area contributed by atoms with Crippen LogP contribution < -0.4 is 10.0 Å². The Morgan fingerprint density at radius 1 is 1.47 bits per heavy atom. The van der Waals surface area contributed by atoms with E-state index in [4.69, 9.17) is 11.6 Å². The van der Waals surface area contributed by atoms with Crippen molar-refractivity contribution in [1.82, 2.24) is 10.0 Å². The highest BCUT2D eigenvalue weighted by molar-refractivity contribution is 9.10. The number of hydrogen-bond donors (Lipinski definition) is 2. The molecule has 0 saturated carbocycles. The Kier molecular flexibility index (Phi) is 6.56. The van der Waals surface area contributed by atoms with Crippen LogP contribution in [0.5, 0.6) is 0 Å². The maximum atomic E-state index is 12.1. The predicted molar refractivity (Wildman–Crippen MR) is 82.6 cm³/mol. The Bertz CT molecular complexity index is 533. The van der Waals surface area contributed by atoms with Gasteiger partial charge in [-0.25, -0.2) is 13.1 Å². The molecule has 1 aliphatic rings. The highest BCUT2D eigenvalue weighted by atomic mass is 79.9. The molecule has 8 heteroatoms. The quantitative estimate of drug-likeness (QED) is 0.831. The first-order valence-electron chi connectivity index (χ1n) is 5.67. The van der Waals surface area contributed by atoms with Crippen LogP contribution in [-0.2, 0) is 10.0 Å². The van der Waals surface area contributed by atoms with E-state index < -0.39 is 10.0 Å². The van der Waals surface area contributed by atoms with E-state index in [9.17, 15) is 8.42 Å². The lowest BCUT2D eigenvalue weighted by atomic mass is 10.2. The van der Waals surface area contributed by atoms with Crippen molar-refractivity contribution >= 4 is 50.0 Å². The van der Waals surface area contributed by atoms with E-state index in [-0.39, 0.29) is 23.3 Å². The summed E-state index contributed by atoms with van der Waals surface area (Å²) in [5, 5.41) is 3.74. The first-order valence-corrected chi connectivity index (χ1v) is 8.32. The van der Waals surface area contributed by atoms with Gasteiger partial charge in [-0.3, -0.25) is 0 Å². The summed E-state index contributed by atoms with van der Waals surface area (Å²) in [5.41, 5.74) is 0. The molecular formula is C11H15BrCl2N2O2S. The summed E-state index contributed by atoms with van der Waals surface area (Å²) in [6.45, 7) is 1.37. The average molecular weight is 390 g/mol. The van der Waals surface area contributed by atoms with Crippen LogP contribution in [-0.4, -0.2) is 27.5 Å². The molecule has 1 aliphatic heterocycles. The van der Waals surface area contributed by atoms with Crippen molar-refractivity contribution in [2.24, 2.45) is 0 Å². The topological polar surface area (TPSA) is 58.2 Å². The molecule has 4 nitrogen and oxygen atoms in total. The molecule has 2 N–H and O–H groups in total. The van der Waals surface area contributed by atoms with Gasteiger partial charge >= 0.3 is 0 Å². The van der Waals surface area contributed by atoms with Gasteiger partial charge in [0.15, 0.2) is 0 Å². The number of hydrogen-bond acceptors (Lipinski definition) is 3. The lowest BCUT2D eigenvalue weighted by Crippen LogP contribution is -2.37. The highest BCUT2D eigenvalue weighted by Crippen LogP contribution is 2.25. The normalized spacial score (nSPS) is 19.2. The van der Waals surface area contributed by atoms with Crippen LogP contribution in [0.3, 0.4) is 0 Å². The summed E-state index contributed by atoms with van der Waals surface area (Å²) in [4.78, 5) is 0.213.